The molecule has 4 nitrogen and oxygen atoms in total. The summed E-state index contributed by atoms with van der Waals surface area (Å²) in [7, 11) is 3.80. The van der Waals surface area contributed by atoms with Gasteiger partial charge in [-0.15, -0.1) is 0 Å². The van der Waals surface area contributed by atoms with E-state index in [0.29, 0.717) is 0 Å². The minimum atomic E-state index is 0.153. The molecule has 0 amide bonds. The van der Waals surface area contributed by atoms with Gasteiger partial charge >= 0.3 is 0 Å². The second-order valence-electron chi connectivity index (χ2n) is 5.46. The monoisotopic (exact) mass is 264 g/mol. The molecule has 0 bridgehead atoms. The van der Waals surface area contributed by atoms with Gasteiger partial charge in [0.05, 0.1) is 7.11 Å². The zero-order valence-electron chi connectivity index (χ0n) is 12.1. The molecule has 0 radical (unpaired) electrons. The Balaban J connectivity index is 2.07. The third kappa shape index (κ3) is 3.85. The lowest BCUT2D eigenvalue weighted by molar-refractivity contribution is 0.199. The van der Waals surface area contributed by atoms with Crippen LogP contribution in [-0.4, -0.2) is 44.3 Å². The molecule has 2 rings (SSSR count). The van der Waals surface area contributed by atoms with Crippen molar-refractivity contribution in [1.29, 1.82) is 0 Å². The van der Waals surface area contributed by atoms with Crippen molar-refractivity contribution in [2.24, 2.45) is 5.73 Å². The van der Waals surface area contributed by atoms with Crippen molar-refractivity contribution < 1.29 is 9.47 Å². The molecule has 2 N–H and O–H groups in total. The van der Waals surface area contributed by atoms with Gasteiger partial charge in [0.1, 0.15) is 6.10 Å². The zero-order valence-corrected chi connectivity index (χ0v) is 12.1. The molecule has 1 saturated heterocycles. The van der Waals surface area contributed by atoms with Gasteiger partial charge in [-0.25, -0.2) is 0 Å². The molecule has 106 valence electrons. The summed E-state index contributed by atoms with van der Waals surface area (Å²) in [6.07, 6.45) is 2.18. The maximum atomic E-state index is 6.03. The van der Waals surface area contributed by atoms with E-state index in [1.807, 2.05) is 19.1 Å². The van der Waals surface area contributed by atoms with E-state index >= 15 is 0 Å². The molecule has 1 aliphatic heterocycles. The van der Waals surface area contributed by atoms with Crippen molar-refractivity contribution in [3.8, 4) is 11.5 Å². The molecular formula is C15H24N2O2. The van der Waals surface area contributed by atoms with Crippen molar-refractivity contribution in [3.05, 3.63) is 23.8 Å². The lowest BCUT2D eigenvalue weighted by Gasteiger charge is -2.17. The molecule has 2 unspecified atom stereocenters. The summed E-state index contributed by atoms with van der Waals surface area (Å²) in [6, 6.07) is 6.24. The Kier molecular flexibility index (Phi) is 4.66. The molecule has 19 heavy (non-hydrogen) atoms. The fraction of sp³-hybridized carbons (Fsp3) is 0.600. The number of hydrogen-bond donors (Lipinski definition) is 1. The Morgan fingerprint density at radius 1 is 1.42 bits per heavy atom. The Morgan fingerprint density at radius 3 is 2.79 bits per heavy atom. The molecule has 1 aromatic carbocycles. The van der Waals surface area contributed by atoms with Crippen LogP contribution in [0.2, 0.25) is 0 Å². The van der Waals surface area contributed by atoms with Crippen molar-refractivity contribution >= 4 is 0 Å². The lowest BCUT2D eigenvalue weighted by Crippen LogP contribution is -2.21. The molecular weight excluding hydrogens is 240 g/mol. The lowest BCUT2D eigenvalue weighted by atomic mass is 10.1. The van der Waals surface area contributed by atoms with E-state index < -0.39 is 0 Å². The SMILES string of the molecule is COc1cc(CC(C)N)ccc1OC1CCN(C)C1. The Morgan fingerprint density at radius 2 is 2.21 bits per heavy atom. The van der Waals surface area contributed by atoms with Crippen molar-refractivity contribution in [2.75, 3.05) is 27.2 Å². The first-order valence-electron chi connectivity index (χ1n) is 6.86. The smallest absolute Gasteiger partial charge is 0.161 e. The fourth-order valence-electron chi connectivity index (χ4n) is 2.48. The van der Waals surface area contributed by atoms with Crippen LogP contribution in [0.5, 0.6) is 11.5 Å². The van der Waals surface area contributed by atoms with Gasteiger partial charge in [-0.3, -0.25) is 0 Å². The van der Waals surface area contributed by atoms with Crippen LogP contribution >= 0.6 is 0 Å². The third-order valence-electron chi connectivity index (χ3n) is 3.43. The van der Waals surface area contributed by atoms with Crippen LogP contribution in [0.3, 0.4) is 0 Å². The average molecular weight is 264 g/mol. The Labute approximate surface area is 115 Å². The number of likely N-dealkylation sites (N-methyl/N-ethyl adjacent to an activating group) is 1. The number of hydrogen-bond acceptors (Lipinski definition) is 4. The second-order valence-corrected chi connectivity index (χ2v) is 5.46. The Hall–Kier alpha value is -1.26. The van der Waals surface area contributed by atoms with Gasteiger partial charge in [0.25, 0.3) is 0 Å². The standard InChI is InChI=1S/C15H24N2O2/c1-11(16)8-12-4-5-14(15(9-12)18-3)19-13-6-7-17(2)10-13/h4-5,9,11,13H,6-8,10,16H2,1-3H3. The van der Waals surface area contributed by atoms with Crippen molar-refractivity contribution in [3.63, 3.8) is 0 Å². The fourth-order valence-corrected chi connectivity index (χ4v) is 2.48. The summed E-state index contributed by atoms with van der Waals surface area (Å²) in [6.45, 7) is 4.08. The van der Waals surface area contributed by atoms with E-state index in [9.17, 15) is 0 Å². The normalized spacial score (nSPS) is 21.4. The topological polar surface area (TPSA) is 47.7 Å². The van der Waals surface area contributed by atoms with Crippen molar-refractivity contribution in [2.45, 2.75) is 31.9 Å². The van der Waals surface area contributed by atoms with Crippen LogP contribution in [0.15, 0.2) is 18.2 Å². The number of ether oxygens (including phenoxy) is 2. The minimum Gasteiger partial charge on any atom is -0.493 e. The summed E-state index contributed by atoms with van der Waals surface area (Å²) >= 11 is 0. The largest absolute Gasteiger partial charge is 0.493 e. The maximum Gasteiger partial charge on any atom is 0.161 e. The van der Waals surface area contributed by atoms with Crippen LogP contribution in [-0.2, 0) is 6.42 Å². The van der Waals surface area contributed by atoms with E-state index in [1.54, 1.807) is 7.11 Å². The predicted molar refractivity (Wildman–Crippen MR) is 76.9 cm³/mol. The second kappa shape index (κ2) is 6.26. The number of likely N-dealkylation sites (tertiary alicyclic amines) is 1. The highest BCUT2D eigenvalue weighted by Gasteiger charge is 2.22. The number of nitrogens with zero attached hydrogens (tertiary/aromatic N) is 1. The number of benzene rings is 1. The highest BCUT2D eigenvalue weighted by molar-refractivity contribution is 5.43. The van der Waals surface area contributed by atoms with E-state index in [4.69, 9.17) is 15.2 Å². The first-order chi connectivity index (χ1) is 9.08. The quantitative estimate of drug-likeness (QED) is 0.879. The van der Waals surface area contributed by atoms with Gasteiger partial charge in [0.15, 0.2) is 11.5 Å². The number of rotatable bonds is 5. The maximum absolute atomic E-state index is 6.03. The number of nitrogens with two attached hydrogens (primary N) is 1. The van der Waals surface area contributed by atoms with Gasteiger partial charge in [0, 0.05) is 19.1 Å². The van der Waals surface area contributed by atoms with Gasteiger partial charge in [0.2, 0.25) is 0 Å². The molecule has 1 aromatic rings. The van der Waals surface area contributed by atoms with Crippen LogP contribution in [0.1, 0.15) is 18.9 Å². The van der Waals surface area contributed by atoms with E-state index in [2.05, 4.69) is 18.0 Å². The highest BCUT2D eigenvalue weighted by Crippen LogP contribution is 2.30. The minimum absolute atomic E-state index is 0.153. The van der Waals surface area contributed by atoms with Gasteiger partial charge < -0.3 is 20.1 Å². The molecule has 1 fully saturated rings. The molecule has 0 spiro atoms. The molecule has 2 atom stereocenters. The van der Waals surface area contributed by atoms with Crippen molar-refractivity contribution in [1.82, 2.24) is 4.90 Å². The molecule has 0 saturated carbocycles. The molecule has 1 aliphatic rings. The van der Waals surface area contributed by atoms with Crippen LogP contribution in [0.25, 0.3) is 0 Å². The average Bonchev–Trinajstić information content (AvgIpc) is 2.76. The number of methoxy groups -OCH3 is 1. The summed E-state index contributed by atoms with van der Waals surface area (Å²) < 4.78 is 11.5. The van der Waals surface area contributed by atoms with Crippen LogP contribution in [0.4, 0.5) is 0 Å². The first kappa shape index (κ1) is 14.2. The van der Waals surface area contributed by atoms with Gasteiger partial charge in [-0.2, -0.15) is 0 Å². The van der Waals surface area contributed by atoms with E-state index in [1.165, 1.54) is 5.56 Å². The van der Waals surface area contributed by atoms with E-state index in [-0.39, 0.29) is 12.1 Å². The van der Waals surface area contributed by atoms with Gasteiger partial charge in [-0.1, -0.05) is 6.07 Å². The highest BCUT2D eigenvalue weighted by atomic mass is 16.5. The predicted octanol–water partition coefficient (Wildman–Crippen LogP) is 1.67. The molecule has 4 heteroatoms. The molecule has 0 aromatic heterocycles. The summed E-state index contributed by atoms with van der Waals surface area (Å²) in [4.78, 5) is 2.28. The van der Waals surface area contributed by atoms with Gasteiger partial charge in [-0.05, 0) is 44.5 Å². The molecule has 0 aliphatic carbocycles. The van der Waals surface area contributed by atoms with Crippen LogP contribution < -0.4 is 15.2 Å². The summed E-state index contributed by atoms with van der Waals surface area (Å²) in [5.74, 6) is 1.63. The molecule has 1 heterocycles. The van der Waals surface area contributed by atoms with E-state index in [0.717, 1.165) is 37.4 Å². The summed E-state index contributed by atoms with van der Waals surface area (Å²) in [5, 5.41) is 0. The summed E-state index contributed by atoms with van der Waals surface area (Å²) in [5.41, 5.74) is 7.01. The third-order valence-corrected chi connectivity index (χ3v) is 3.43. The van der Waals surface area contributed by atoms with Crippen LogP contribution in [0, 0.1) is 0 Å². The Bertz CT molecular complexity index is 421. The zero-order chi connectivity index (χ0) is 13.8. The first-order valence-corrected chi connectivity index (χ1v) is 6.86.